The average Bonchev–Trinajstić information content (AvgIpc) is 2.46. The Hall–Kier alpha value is -2.07. The van der Waals surface area contributed by atoms with E-state index in [-0.39, 0.29) is 0 Å². The van der Waals surface area contributed by atoms with E-state index >= 15 is 0 Å². The maximum Gasteiger partial charge on any atom is 0.123 e. The van der Waals surface area contributed by atoms with Crippen LogP contribution in [0.4, 0.5) is 0 Å². The van der Waals surface area contributed by atoms with Crippen LogP contribution in [0, 0.1) is 6.92 Å². The molecule has 3 nitrogen and oxygen atoms in total. The maximum atomic E-state index is 5.71. The molecule has 0 aliphatic rings. The Morgan fingerprint density at radius 3 is 2.45 bits per heavy atom. The predicted molar refractivity (Wildman–Crippen MR) is 84.5 cm³/mol. The van der Waals surface area contributed by atoms with E-state index in [1.807, 2.05) is 55.5 Å². The third-order valence-corrected chi connectivity index (χ3v) is 3.06. The summed E-state index contributed by atoms with van der Waals surface area (Å²) in [6, 6.07) is 15.4. The number of ether oxygens (including phenoxy) is 2. The van der Waals surface area contributed by atoms with Crippen LogP contribution in [0.25, 0.3) is 0 Å². The van der Waals surface area contributed by atoms with Crippen LogP contribution < -0.4 is 15.2 Å². The number of hydrogen-bond donors (Lipinski definition) is 1. The van der Waals surface area contributed by atoms with Gasteiger partial charge in [0, 0.05) is 5.56 Å². The lowest BCUT2D eigenvalue weighted by Crippen LogP contribution is -2.12. The van der Waals surface area contributed by atoms with Crippen molar-refractivity contribution in [2.75, 3.05) is 13.2 Å². The molecule has 0 amide bonds. The molecule has 0 saturated heterocycles. The van der Waals surface area contributed by atoms with E-state index in [1.165, 1.54) is 0 Å². The van der Waals surface area contributed by atoms with Gasteiger partial charge in [0.25, 0.3) is 0 Å². The van der Waals surface area contributed by atoms with Gasteiger partial charge in [-0.15, -0.1) is 0 Å². The van der Waals surface area contributed by atoms with Crippen molar-refractivity contribution in [1.82, 2.24) is 0 Å². The van der Waals surface area contributed by atoms with Gasteiger partial charge in [-0.05, 0) is 30.7 Å². The Labute approximate surface area is 124 Å². The molecule has 0 aliphatic heterocycles. The summed E-state index contributed by atoms with van der Waals surface area (Å²) in [5, 5.41) is 0. The fourth-order valence-electron chi connectivity index (χ4n) is 1.74. The molecule has 0 aromatic heterocycles. The summed E-state index contributed by atoms with van der Waals surface area (Å²) in [5.74, 6) is 1.62. The van der Waals surface area contributed by atoms with Crippen LogP contribution in [0.3, 0.4) is 0 Å². The van der Waals surface area contributed by atoms with Crippen molar-refractivity contribution in [3.63, 3.8) is 0 Å². The average molecular weight is 287 g/mol. The zero-order chi connectivity index (χ0) is 14.4. The number of para-hydroxylation sites is 1. The van der Waals surface area contributed by atoms with Crippen molar-refractivity contribution in [3.05, 3.63) is 59.7 Å². The third kappa shape index (κ3) is 3.96. The van der Waals surface area contributed by atoms with Gasteiger partial charge >= 0.3 is 0 Å². The topological polar surface area (TPSA) is 44.5 Å². The molecule has 2 aromatic carbocycles. The minimum atomic E-state index is 0.371. The molecule has 4 heteroatoms. The molecule has 0 bridgehead atoms. The van der Waals surface area contributed by atoms with Gasteiger partial charge in [-0.25, -0.2) is 0 Å². The molecule has 0 heterocycles. The van der Waals surface area contributed by atoms with Gasteiger partial charge in [-0.3, -0.25) is 0 Å². The maximum absolute atomic E-state index is 5.71. The first-order valence-electron chi connectivity index (χ1n) is 6.38. The van der Waals surface area contributed by atoms with Crippen LogP contribution in [-0.2, 0) is 0 Å². The fraction of sp³-hybridized carbons (Fsp3) is 0.188. The summed E-state index contributed by atoms with van der Waals surface area (Å²) in [7, 11) is 0. The zero-order valence-electron chi connectivity index (χ0n) is 11.3. The minimum Gasteiger partial charge on any atom is -0.490 e. The highest BCUT2D eigenvalue weighted by Gasteiger charge is 2.03. The van der Waals surface area contributed by atoms with Crippen LogP contribution in [0.5, 0.6) is 11.5 Å². The Kier molecular flexibility index (Phi) is 4.96. The number of benzene rings is 2. The quantitative estimate of drug-likeness (QED) is 0.655. The van der Waals surface area contributed by atoms with Crippen molar-refractivity contribution in [3.8, 4) is 11.5 Å². The highest BCUT2D eigenvalue weighted by atomic mass is 32.1. The molecule has 0 unspecified atom stereocenters. The van der Waals surface area contributed by atoms with Crippen LogP contribution in [0.15, 0.2) is 48.5 Å². The van der Waals surface area contributed by atoms with Gasteiger partial charge in [-0.2, -0.15) is 0 Å². The van der Waals surface area contributed by atoms with Crippen molar-refractivity contribution >= 4 is 17.2 Å². The standard InChI is InChI=1S/C16H17NO2S/c1-12-7-8-13(16(17)20)11-15(12)19-10-9-18-14-5-3-2-4-6-14/h2-8,11H,9-10H2,1H3,(H2,17,20). The Morgan fingerprint density at radius 2 is 1.75 bits per heavy atom. The van der Waals surface area contributed by atoms with E-state index in [0.717, 1.165) is 22.6 Å². The summed E-state index contributed by atoms with van der Waals surface area (Å²) in [6.07, 6.45) is 0. The van der Waals surface area contributed by atoms with E-state index in [9.17, 15) is 0 Å². The van der Waals surface area contributed by atoms with E-state index < -0.39 is 0 Å². The number of hydrogen-bond acceptors (Lipinski definition) is 3. The fourth-order valence-corrected chi connectivity index (χ4v) is 1.86. The molecule has 104 valence electrons. The highest BCUT2D eigenvalue weighted by molar-refractivity contribution is 7.80. The molecule has 2 rings (SSSR count). The second kappa shape index (κ2) is 6.91. The zero-order valence-corrected chi connectivity index (χ0v) is 12.2. The molecule has 0 saturated carbocycles. The molecular formula is C16H17NO2S. The van der Waals surface area contributed by atoms with Gasteiger partial charge in [0.2, 0.25) is 0 Å². The Morgan fingerprint density at radius 1 is 1.05 bits per heavy atom. The van der Waals surface area contributed by atoms with Gasteiger partial charge in [-0.1, -0.05) is 42.5 Å². The Balaban J connectivity index is 1.88. The predicted octanol–water partition coefficient (Wildman–Crippen LogP) is 3.09. The summed E-state index contributed by atoms with van der Waals surface area (Å²) in [6.45, 7) is 2.94. The second-order valence-corrected chi connectivity index (χ2v) is 4.79. The molecule has 0 spiro atoms. The Bertz CT molecular complexity index is 584. The molecule has 0 radical (unpaired) electrons. The number of nitrogens with two attached hydrogens (primary N) is 1. The van der Waals surface area contributed by atoms with Crippen LogP contribution in [0.1, 0.15) is 11.1 Å². The van der Waals surface area contributed by atoms with E-state index in [4.69, 9.17) is 27.4 Å². The van der Waals surface area contributed by atoms with Crippen LogP contribution >= 0.6 is 12.2 Å². The van der Waals surface area contributed by atoms with Crippen molar-refractivity contribution in [1.29, 1.82) is 0 Å². The van der Waals surface area contributed by atoms with E-state index in [0.29, 0.717) is 18.2 Å². The number of rotatable bonds is 6. The van der Waals surface area contributed by atoms with Crippen molar-refractivity contribution in [2.24, 2.45) is 5.73 Å². The lowest BCUT2D eigenvalue weighted by Gasteiger charge is -2.11. The molecule has 2 N–H and O–H groups in total. The van der Waals surface area contributed by atoms with Gasteiger partial charge in [0.1, 0.15) is 29.7 Å². The minimum absolute atomic E-state index is 0.371. The molecule has 2 aromatic rings. The molecule has 0 atom stereocenters. The highest BCUT2D eigenvalue weighted by Crippen LogP contribution is 2.19. The number of aryl methyl sites for hydroxylation is 1. The summed E-state index contributed by atoms with van der Waals surface area (Å²) in [5.41, 5.74) is 7.47. The van der Waals surface area contributed by atoms with Crippen molar-refractivity contribution in [2.45, 2.75) is 6.92 Å². The van der Waals surface area contributed by atoms with E-state index in [1.54, 1.807) is 0 Å². The smallest absolute Gasteiger partial charge is 0.123 e. The van der Waals surface area contributed by atoms with Crippen LogP contribution in [0.2, 0.25) is 0 Å². The van der Waals surface area contributed by atoms with Gasteiger partial charge < -0.3 is 15.2 Å². The van der Waals surface area contributed by atoms with Crippen molar-refractivity contribution < 1.29 is 9.47 Å². The largest absolute Gasteiger partial charge is 0.490 e. The van der Waals surface area contributed by atoms with E-state index in [2.05, 4.69) is 0 Å². The van der Waals surface area contributed by atoms with Gasteiger partial charge in [0.05, 0.1) is 0 Å². The monoisotopic (exact) mass is 287 g/mol. The number of thiocarbonyl (C=S) groups is 1. The first-order valence-corrected chi connectivity index (χ1v) is 6.79. The summed E-state index contributed by atoms with van der Waals surface area (Å²) in [4.78, 5) is 0.371. The normalized spacial score (nSPS) is 10.1. The molecular weight excluding hydrogens is 270 g/mol. The summed E-state index contributed by atoms with van der Waals surface area (Å²) >= 11 is 4.96. The third-order valence-electron chi connectivity index (χ3n) is 2.83. The first kappa shape index (κ1) is 14.3. The molecule has 0 fully saturated rings. The van der Waals surface area contributed by atoms with Gasteiger partial charge in [0.15, 0.2) is 0 Å². The lowest BCUT2D eigenvalue weighted by molar-refractivity contribution is 0.216. The second-order valence-electron chi connectivity index (χ2n) is 4.35. The summed E-state index contributed by atoms with van der Waals surface area (Å²) < 4.78 is 11.3. The first-order chi connectivity index (χ1) is 9.66. The lowest BCUT2D eigenvalue weighted by atomic mass is 10.1. The molecule has 20 heavy (non-hydrogen) atoms. The molecule has 0 aliphatic carbocycles. The van der Waals surface area contributed by atoms with Crippen LogP contribution in [-0.4, -0.2) is 18.2 Å². The SMILES string of the molecule is Cc1ccc(C(N)=S)cc1OCCOc1ccccc1.